The average molecular weight is 426 g/mol. The van der Waals surface area contributed by atoms with Crippen molar-refractivity contribution in [2.75, 3.05) is 5.32 Å². The molecule has 2 heterocycles. The number of anilines is 1. The van der Waals surface area contributed by atoms with Crippen molar-refractivity contribution in [3.63, 3.8) is 0 Å². The second kappa shape index (κ2) is 8.47. The van der Waals surface area contributed by atoms with Crippen LogP contribution in [0.15, 0.2) is 83.4 Å². The lowest BCUT2D eigenvalue weighted by Gasteiger charge is -2.06. The first kappa shape index (κ1) is 19.7. The zero-order valence-electron chi connectivity index (χ0n) is 17.0. The highest BCUT2D eigenvalue weighted by Crippen LogP contribution is 2.24. The van der Waals surface area contributed by atoms with Gasteiger partial charge in [-0.3, -0.25) is 4.79 Å². The zero-order chi connectivity index (χ0) is 21.9. The Hall–Kier alpha value is -4.26. The maximum Gasteiger partial charge on any atom is 0.224 e. The van der Waals surface area contributed by atoms with Crippen LogP contribution in [0.1, 0.15) is 12.3 Å². The Balaban J connectivity index is 1.22. The SMILES string of the molecule is O=C(CCc1ncc(-c2ccc(F)cc2)o1)Nc1cccc(-c2nc3ccccc3[nH]2)c1. The van der Waals surface area contributed by atoms with Gasteiger partial charge in [0.1, 0.15) is 11.6 Å². The number of aromatic nitrogens is 3. The maximum atomic E-state index is 13.1. The summed E-state index contributed by atoms with van der Waals surface area (Å²) in [6, 6.07) is 21.3. The van der Waals surface area contributed by atoms with Crippen LogP contribution in [0.25, 0.3) is 33.7 Å². The van der Waals surface area contributed by atoms with Gasteiger partial charge < -0.3 is 14.7 Å². The monoisotopic (exact) mass is 426 g/mol. The minimum atomic E-state index is -0.311. The number of hydrogen-bond acceptors (Lipinski definition) is 4. The van der Waals surface area contributed by atoms with Crippen molar-refractivity contribution in [2.45, 2.75) is 12.8 Å². The van der Waals surface area contributed by atoms with Gasteiger partial charge in [-0.05, 0) is 48.5 Å². The fourth-order valence-corrected chi connectivity index (χ4v) is 3.45. The highest BCUT2D eigenvalue weighted by atomic mass is 19.1. The Morgan fingerprint density at radius 1 is 1.00 bits per heavy atom. The lowest BCUT2D eigenvalue weighted by Crippen LogP contribution is -2.12. The van der Waals surface area contributed by atoms with E-state index in [2.05, 4.69) is 20.3 Å². The number of amides is 1. The molecule has 0 aliphatic rings. The third-order valence-electron chi connectivity index (χ3n) is 5.06. The third kappa shape index (κ3) is 4.27. The highest BCUT2D eigenvalue weighted by Gasteiger charge is 2.11. The van der Waals surface area contributed by atoms with Gasteiger partial charge >= 0.3 is 0 Å². The van der Waals surface area contributed by atoms with Crippen LogP contribution in [0, 0.1) is 5.82 Å². The Labute approximate surface area is 183 Å². The van der Waals surface area contributed by atoms with Gasteiger partial charge in [-0.15, -0.1) is 0 Å². The van der Waals surface area contributed by atoms with E-state index in [4.69, 9.17) is 4.42 Å². The lowest BCUT2D eigenvalue weighted by molar-refractivity contribution is -0.116. The molecule has 158 valence electrons. The van der Waals surface area contributed by atoms with Crippen LogP contribution in [-0.4, -0.2) is 20.9 Å². The Bertz CT molecular complexity index is 1360. The topological polar surface area (TPSA) is 83.8 Å². The molecule has 5 rings (SSSR count). The van der Waals surface area contributed by atoms with Crippen LogP contribution in [-0.2, 0) is 11.2 Å². The smallest absolute Gasteiger partial charge is 0.224 e. The molecule has 6 nitrogen and oxygen atoms in total. The molecule has 7 heteroatoms. The van der Waals surface area contributed by atoms with Gasteiger partial charge in [-0.1, -0.05) is 24.3 Å². The number of carbonyl (C=O) groups is 1. The summed E-state index contributed by atoms with van der Waals surface area (Å²) in [7, 11) is 0. The van der Waals surface area contributed by atoms with E-state index in [9.17, 15) is 9.18 Å². The van der Waals surface area contributed by atoms with Gasteiger partial charge in [0.05, 0.1) is 17.2 Å². The molecule has 0 aliphatic carbocycles. The molecule has 0 saturated carbocycles. The van der Waals surface area contributed by atoms with E-state index in [0.29, 0.717) is 23.8 Å². The molecule has 2 aromatic heterocycles. The number of halogens is 1. The quantitative estimate of drug-likeness (QED) is 0.370. The summed E-state index contributed by atoms with van der Waals surface area (Å²) >= 11 is 0. The van der Waals surface area contributed by atoms with Crippen molar-refractivity contribution >= 4 is 22.6 Å². The van der Waals surface area contributed by atoms with E-state index in [1.165, 1.54) is 12.1 Å². The van der Waals surface area contributed by atoms with Crippen LogP contribution in [0.2, 0.25) is 0 Å². The molecule has 32 heavy (non-hydrogen) atoms. The Morgan fingerprint density at radius 2 is 1.84 bits per heavy atom. The van der Waals surface area contributed by atoms with Crippen LogP contribution < -0.4 is 5.32 Å². The molecule has 0 radical (unpaired) electrons. The summed E-state index contributed by atoms with van der Waals surface area (Å²) in [5.74, 6) is 1.28. The van der Waals surface area contributed by atoms with Crippen molar-refractivity contribution in [1.82, 2.24) is 15.0 Å². The molecular formula is C25H19FN4O2. The molecule has 0 unspecified atom stereocenters. The van der Waals surface area contributed by atoms with Crippen molar-refractivity contribution in [3.8, 4) is 22.7 Å². The molecule has 0 saturated heterocycles. The number of hydrogen-bond donors (Lipinski definition) is 2. The van der Waals surface area contributed by atoms with Gasteiger partial charge in [0, 0.05) is 29.7 Å². The average Bonchev–Trinajstić information content (AvgIpc) is 3.46. The number of benzene rings is 3. The number of aromatic amines is 1. The van der Waals surface area contributed by atoms with Gasteiger partial charge in [0.15, 0.2) is 11.7 Å². The number of rotatable bonds is 6. The number of nitrogens with one attached hydrogen (secondary N) is 2. The predicted octanol–water partition coefficient (Wildman–Crippen LogP) is 5.60. The number of H-pyrrole nitrogens is 1. The molecular weight excluding hydrogens is 407 g/mol. The number of carbonyl (C=O) groups excluding carboxylic acids is 1. The summed E-state index contributed by atoms with van der Waals surface area (Å²) in [4.78, 5) is 24.6. The highest BCUT2D eigenvalue weighted by molar-refractivity contribution is 5.91. The predicted molar refractivity (Wildman–Crippen MR) is 120 cm³/mol. The number of fused-ring (bicyclic) bond motifs is 1. The normalized spacial score (nSPS) is 11.0. The fraction of sp³-hybridized carbons (Fsp3) is 0.0800. The molecule has 0 fully saturated rings. The van der Waals surface area contributed by atoms with E-state index in [0.717, 1.165) is 28.0 Å². The first-order valence-electron chi connectivity index (χ1n) is 10.2. The molecule has 2 N–H and O–H groups in total. The van der Waals surface area contributed by atoms with Crippen LogP contribution in [0.5, 0.6) is 0 Å². The van der Waals surface area contributed by atoms with Crippen LogP contribution in [0.4, 0.5) is 10.1 Å². The van der Waals surface area contributed by atoms with Gasteiger partial charge in [0.2, 0.25) is 5.91 Å². The van der Waals surface area contributed by atoms with Crippen LogP contribution in [0.3, 0.4) is 0 Å². The van der Waals surface area contributed by atoms with Crippen molar-refractivity contribution in [1.29, 1.82) is 0 Å². The minimum absolute atomic E-state index is 0.145. The number of para-hydroxylation sites is 2. The number of imidazole rings is 1. The van der Waals surface area contributed by atoms with Crippen molar-refractivity contribution in [2.24, 2.45) is 0 Å². The van der Waals surface area contributed by atoms with Gasteiger partial charge in [-0.25, -0.2) is 14.4 Å². The molecule has 0 atom stereocenters. The number of oxazole rings is 1. The van der Waals surface area contributed by atoms with Crippen LogP contribution >= 0.6 is 0 Å². The first-order chi connectivity index (χ1) is 15.6. The van der Waals surface area contributed by atoms with Crippen molar-refractivity contribution < 1.29 is 13.6 Å². The minimum Gasteiger partial charge on any atom is -0.441 e. The summed E-state index contributed by atoms with van der Waals surface area (Å²) in [6.07, 6.45) is 2.16. The van der Waals surface area contributed by atoms with E-state index in [1.807, 2.05) is 48.5 Å². The Kier molecular flexibility index (Phi) is 5.21. The fourth-order valence-electron chi connectivity index (χ4n) is 3.45. The van der Waals surface area contributed by atoms with Gasteiger partial charge in [0.25, 0.3) is 0 Å². The standard InChI is InChI=1S/C25H19FN4O2/c26-18-10-8-16(9-11-18)22-15-27-24(32-22)13-12-23(31)28-19-5-3-4-17(14-19)25-29-20-6-1-2-7-21(20)30-25/h1-11,14-15H,12-13H2,(H,28,31)(H,29,30). The van der Waals surface area contributed by atoms with E-state index in [1.54, 1.807) is 18.3 Å². The molecule has 3 aromatic carbocycles. The van der Waals surface area contributed by atoms with E-state index < -0.39 is 0 Å². The van der Waals surface area contributed by atoms with E-state index >= 15 is 0 Å². The molecule has 0 bridgehead atoms. The largest absolute Gasteiger partial charge is 0.441 e. The summed E-state index contributed by atoms with van der Waals surface area (Å²) in [5, 5.41) is 2.91. The van der Waals surface area contributed by atoms with E-state index in [-0.39, 0.29) is 18.1 Å². The zero-order valence-corrected chi connectivity index (χ0v) is 17.0. The Morgan fingerprint density at radius 3 is 2.69 bits per heavy atom. The van der Waals surface area contributed by atoms with Crippen molar-refractivity contribution in [3.05, 3.63) is 90.7 Å². The molecule has 0 spiro atoms. The van der Waals surface area contributed by atoms with Gasteiger partial charge in [-0.2, -0.15) is 0 Å². The second-order valence-corrected chi connectivity index (χ2v) is 7.36. The maximum absolute atomic E-state index is 13.1. The molecule has 1 amide bonds. The summed E-state index contributed by atoms with van der Waals surface area (Å²) in [6.45, 7) is 0. The molecule has 5 aromatic rings. The number of aryl methyl sites for hydroxylation is 1. The first-order valence-corrected chi connectivity index (χ1v) is 10.2. The third-order valence-corrected chi connectivity index (χ3v) is 5.06. The molecule has 0 aliphatic heterocycles. The summed E-state index contributed by atoms with van der Waals surface area (Å²) < 4.78 is 18.8. The second-order valence-electron chi connectivity index (χ2n) is 7.36. The lowest BCUT2D eigenvalue weighted by atomic mass is 10.2. The number of nitrogens with zero attached hydrogens (tertiary/aromatic N) is 2. The summed E-state index contributed by atoms with van der Waals surface area (Å²) in [5.41, 5.74) is 4.16.